The van der Waals surface area contributed by atoms with Crippen molar-refractivity contribution in [3.8, 4) is 17.2 Å². The fourth-order valence-corrected chi connectivity index (χ4v) is 2.63. The zero-order valence-corrected chi connectivity index (χ0v) is 14.5. The van der Waals surface area contributed by atoms with E-state index < -0.39 is 5.97 Å². The maximum atomic E-state index is 12.1. The molecule has 1 saturated heterocycles. The summed E-state index contributed by atoms with van der Waals surface area (Å²) in [7, 11) is 3.12. The number of carbonyl (C=O) groups is 2. The first-order valence-electron chi connectivity index (χ1n) is 8.15. The Labute approximate surface area is 146 Å². The lowest BCUT2D eigenvalue weighted by molar-refractivity contribution is -0.143. The number of hydrogen-bond acceptors (Lipinski definition) is 5. The molecule has 0 saturated carbocycles. The first-order valence-corrected chi connectivity index (χ1v) is 8.15. The van der Waals surface area contributed by atoms with Crippen LogP contribution in [0.2, 0.25) is 0 Å². The SMILES string of the molecule is COc1cc(OC)cc(OCCNC(=O)N2CCC(C(=O)O)CC2)c1. The molecule has 0 bridgehead atoms. The molecule has 2 amide bonds. The molecule has 0 aliphatic carbocycles. The summed E-state index contributed by atoms with van der Waals surface area (Å²) in [6, 6.07) is 5.02. The second kappa shape index (κ2) is 9.00. The molecule has 25 heavy (non-hydrogen) atoms. The van der Waals surface area contributed by atoms with E-state index in [-0.39, 0.29) is 11.9 Å². The lowest BCUT2D eigenvalue weighted by Crippen LogP contribution is -2.46. The molecular weight excluding hydrogens is 328 g/mol. The van der Waals surface area contributed by atoms with Gasteiger partial charge in [0.25, 0.3) is 0 Å². The average Bonchev–Trinajstić information content (AvgIpc) is 2.64. The zero-order valence-electron chi connectivity index (χ0n) is 14.5. The number of carboxylic acid groups (broad SMARTS) is 1. The molecule has 2 N–H and O–H groups in total. The van der Waals surface area contributed by atoms with Crippen LogP contribution < -0.4 is 19.5 Å². The summed E-state index contributed by atoms with van der Waals surface area (Å²) >= 11 is 0. The van der Waals surface area contributed by atoms with E-state index in [1.54, 1.807) is 37.3 Å². The Hall–Kier alpha value is -2.64. The Kier molecular flexibility index (Phi) is 6.73. The summed E-state index contributed by atoms with van der Waals surface area (Å²) in [5.41, 5.74) is 0. The Morgan fingerprint density at radius 2 is 1.68 bits per heavy atom. The van der Waals surface area contributed by atoms with Crippen molar-refractivity contribution >= 4 is 12.0 Å². The van der Waals surface area contributed by atoms with Crippen LogP contribution in [-0.4, -0.2) is 62.5 Å². The average molecular weight is 352 g/mol. The number of carbonyl (C=O) groups excluding carboxylic acids is 1. The van der Waals surface area contributed by atoms with Gasteiger partial charge in [0.1, 0.15) is 23.9 Å². The largest absolute Gasteiger partial charge is 0.496 e. The van der Waals surface area contributed by atoms with E-state index >= 15 is 0 Å². The van der Waals surface area contributed by atoms with E-state index in [2.05, 4.69) is 5.32 Å². The topological polar surface area (TPSA) is 97.3 Å². The Bertz CT molecular complexity index is 577. The van der Waals surface area contributed by atoms with Gasteiger partial charge >= 0.3 is 12.0 Å². The molecule has 0 atom stereocenters. The van der Waals surface area contributed by atoms with Gasteiger partial charge in [0.2, 0.25) is 0 Å². The number of hydrogen-bond donors (Lipinski definition) is 2. The highest BCUT2D eigenvalue weighted by molar-refractivity contribution is 5.75. The molecule has 1 fully saturated rings. The van der Waals surface area contributed by atoms with Gasteiger partial charge in [-0.05, 0) is 12.8 Å². The zero-order chi connectivity index (χ0) is 18.2. The summed E-state index contributed by atoms with van der Waals surface area (Å²) in [4.78, 5) is 24.6. The van der Waals surface area contributed by atoms with Crippen molar-refractivity contribution in [1.82, 2.24) is 10.2 Å². The van der Waals surface area contributed by atoms with Crippen LogP contribution in [-0.2, 0) is 4.79 Å². The number of nitrogens with zero attached hydrogens (tertiary/aromatic N) is 1. The third kappa shape index (κ3) is 5.44. The first-order chi connectivity index (χ1) is 12.0. The molecule has 0 spiro atoms. The van der Waals surface area contributed by atoms with Gasteiger partial charge in [-0.3, -0.25) is 4.79 Å². The predicted octanol–water partition coefficient (Wildman–Crippen LogP) is 1.59. The number of carboxylic acids is 1. The minimum atomic E-state index is -0.790. The van der Waals surface area contributed by atoms with Crippen LogP contribution in [0.4, 0.5) is 4.79 Å². The van der Waals surface area contributed by atoms with Gasteiger partial charge in [-0.1, -0.05) is 0 Å². The molecule has 1 aliphatic rings. The van der Waals surface area contributed by atoms with Gasteiger partial charge in [-0.15, -0.1) is 0 Å². The third-order valence-electron chi connectivity index (χ3n) is 4.10. The highest BCUT2D eigenvalue weighted by Gasteiger charge is 2.26. The van der Waals surface area contributed by atoms with Crippen LogP contribution >= 0.6 is 0 Å². The van der Waals surface area contributed by atoms with Crippen molar-refractivity contribution < 1.29 is 28.9 Å². The summed E-state index contributed by atoms with van der Waals surface area (Å²) in [5, 5.41) is 11.7. The fourth-order valence-electron chi connectivity index (χ4n) is 2.63. The number of nitrogens with one attached hydrogen (secondary N) is 1. The van der Waals surface area contributed by atoms with Crippen LogP contribution in [0.1, 0.15) is 12.8 Å². The molecule has 8 nitrogen and oxygen atoms in total. The van der Waals surface area contributed by atoms with Gasteiger partial charge in [-0.2, -0.15) is 0 Å². The van der Waals surface area contributed by atoms with Crippen LogP contribution in [0.15, 0.2) is 18.2 Å². The predicted molar refractivity (Wildman–Crippen MR) is 90.4 cm³/mol. The van der Waals surface area contributed by atoms with Crippen molar-refractivity contribution in [3.05, 3.63) is 18.2 Å². The van der Waals surface area contributed by atoms with Gasteiger partial charge in [0, 0.05) is 31.3 Å². The Balaban J connectivity index is 1.72. The molecule has 0 aromatic heterocycles. The lowest BCUT2D eigenvalue weighted by Gasteiger charge is -2.30. The molecule has 1 aromatic carbocycles. The second-order valence-electron chi connectivity index (χ2n) is 5.73. The molecular formula is C17H24N2O6. The van der Waals surface area contributed by atoms with Gasteiger partial charge in [0.05, 0.1) is 26.7 Å². The standard InChI is InChI=1S/C17H24N2O6/c1-23-13-9-14(24-2)11-15(10-13)25-8-5-18-17(22)19-6-3-12(4-7-19)16(20)21/h9-12H,3-8H2,1-2H3,(H,18,22)(H,20,21). The molecule has 0 unspecified atom stereocenters. The molecule has 1 aromatic rings. The fraction of sp³-hybridized carbons (Fsp3) is 0.529. The van der Waals surface area contributed by atoms with Crippen LogP contribution in [0, 0.1) is 5.92 Å². The number of amides is 2. The summed E-state index contributed by atoms with van der Waals surface area (Å²) in [5.74, 6) is 0.699. The van der Waals surface area contributed by atoms with E-state index in [4.69, 9.17) is 19.3 Å². The number of benzene rings is 1. The molecule has 2 rings (SSSR count). The summed E-state index contributed by atoms with van der Waals surface area (Å²) in [6.07, 6.45) is 0.978. The van der Waals surface area contributed by atoms with Gasteiger partial charge in [-0.25, -0.2) is 4.79 Å². The van der Waals surface area contributed by atoms with Crippen LogP contribution in [0.25, 0.3) is 0 Å². The maximum absolute atomic E-state index is 12.1. The van der Waals surface area contributed by atoms with E-state index in [1.165, 1.54) is 0 Å². The summed E-state index contributed by atoms with van der Waals surface area (Å²) < 4.78 is 15.9. The smallest absolute Gasteiger partial charge is 0.317 e. The van der Waals surface area contributed by atoms with Gasteiger partial charge in [0.15, 0.2) is 0 Å². The van der Waals surface area contributed by atoms with Gasteiger partial charge < -0.3 is 29.5 Å². The minimum absolute atomic E-state index is 0.198. The molecule has 138 valence electrons. The number of piperidine rings is 1. The third-order valence-corrected chi connectivity index (χ3v) is 4.10. The number of rotatable bonds is 7. The van der Waals surface area contributed by atoms with E-state index in [0.717, 1.165) is 0 Å². The van der Waals surface area contributed by atoms with E-state index in [1.807, 2.05) is 0 Å². The van der Waals surface area contributed by atoms with Crippen molar-refractivity contribution in [1.29, 1.82) is 0 Å². The van der Waals surface area contributed by atoms with E-state index in [9.17, 15) is 9.59 Å². The van der Waals surface area contributed by atoms with Crippen molar-refractivity contribution in [2.24, 2.45) is 5.92 Å². The number of aliphatic carboxylic acids is 1. The number of ether oxygens (including phenoxy) is 3. The minimum Gasteiger partial charge on any atom is -0.496 e. The summed E-state index contributed by atoms with van der Waals surface area (Å²) in [6.45, 7) is 1.55. The van der Waals surface area contributed by atoms with Crippen molar-refractivity contribution in [2.75, 3.05) is 40.5 Å². The number of methoxy groups -OCH3 is 2. The van der Waals surface area contributed by atoms with Crippen molar-refractivity contribution in [2.45, 2.75) is 12.8 Å². The maximum Gasteiger partial charge on any atom is 0.317 e. The van der Waals surface area contributed by atoms with E-state index in [0.29, 0.717) is 56.3 Å². The Morgan fingerprint density at radius 1 is 1.12 bits per heavy atom. The monoisotopic (exact) mass is 352 g/mol. The lowest BCUT2D eigenvalue weighted by atomic mass is 9.97. The number of urea groups is 1. The Morgan fingerprint density at radius 3 is 2.20 bits per heavy atom. The van der Waals surface area contributed by atoms with Crippen molar-refractivity contribution in [3.63, 3.8) is 0 Å². The molecule has 1 aliphatic heterocycles. The first kappa shape index (κ1) is 18.7. The van der Waals surface area contributed by atoms with Crippen LogP contribution in [0.3, 0.4) is 0 Å². The highest BCUT2D eigenvalue weighted by Crippen LogP contribution is 2.27. The molecule has 8 heteroatoms. The normalized spacial score (nSPS) is 14.7. The number of likely N-dealkylation sites (tertiary alicyclic amines) is 1. The second-order valence-corrected chi connectivity index (χ2v) is 5.73. The molecule has 0 radical (unpaired) electrons. The van der Waals surface area contributed by atoms with Crippen LogP contribution in [0.5, 0.6) is 17.2 Å². The quantitative estimate of drug-likeness (QED) is 0.723. The molecule has 1 heterocycles. The highest BCUT2D eigenvalue weighted by atomic mass is 16.5.